The monoisotopic (exact) mass is 376 g/mol. The summed E-state index contributed by atoms with van der Waals surface area (Å²) < 4.78 is 13.2. The molecule has 3 aromatic rings. The minimum Gasteiger partial charge on any atom is -0.324 e. The molecule has 3 rings (SSSR count). The van der Waals surface area contributed by atoms with Gasteiger partial charge in [-0.1, -0.05) is 23.2 Å². The number of anilines is 3. The zero-order chi connectivity index (χ0) is 17.8. The van der Waals surface area contributed by atoms with Crippen LogP contribution in [0, 0.1) is 5.82 Å². The van der Waals surface area contributed by atoms with Crippen molar-refractivity contribution in [2.45, 2.75) is 0 Å². The molecule has 8 heteroatoms. The van der Waals surface area contributed by atoms with Gasteiger partial charge in [-0.15, -0.1) is 0 Å². The molecule has 0 aliphatic carbocycles. The number of hydrogen-bond acceptors (Lipinski definition) is 4. The molecule has 1 amide bonds. The van der Waals surface area contributed by atoms with E-state index in [0.717, 1.165) is 0 Å². The third-order valence-corrected chi connectivity index (χ3v) is 3.71. The maximum absolute atomic E-state index is 13.2. The number of halogens is 3. The van der Waals surface area contributed by atoms with Gasteiger partial charge in [0.15, 0.2) is 0 Å². The summed E-state index contributed by atoms with van der Waals surface area (Å²) in [6.45, 7) is 0. The van der Waals surface area contributed by atoms with Crippen molar-refractivity contribution >= 4 is 46.4 Å². The van der Waals surface area contributed by atoms with Crippen LogP contribution in [-0.2, 0) is 0 Å². The van der Waals surface area contributed by atoms with E-state index in [1.54, 1.807) is 24.3 Å². The molecule has 0 fully saturated rings. The van der Waals surface area contributed by atoms with Gasteiger partial charge in [0.1, 0.15) is 11.5 Å². The lowest BCUT2D eigenvalue weighted by Gasteiger charge is -2.08. The van der Waals surface area contributed by atoms with Crippen molar-refractivity contribution < 1.29 is 9.18 Å². The highest BCUT2D eigenvalue weighted by Crippen LogP contribution is 2.21. The van der Waals surface area contributed by atoms with Gasteiger partial charge < -0.3 is 10.6 Å². The van der Waals surface area contributed by atoms with Crippen LogP contribution in [0.3, 0.4) is 0 Å². The molecule has 0 aliphatic heterocycles. The fourth-order valence-electron chi connectivity index (χ4n) is 1.98. The molecule has 0 bridgehead atoms. The number of nitrogens with one attached hydrogen (secondary N) is 2. The number of rotatable bonds is 4. The number of nitrogens with zero attached hydrogens (tertiary/aromatic N) is 2. The van der Waals surface area contributed by atoms with Crippen molar-refractivity contribution in [2.75, 3.05) is 10.6 Å². The molecule has 126 valence electrons. The Hall–Kier alpha value is -2.70. The SMILES string of the molecule is O=C(Nc1ccc(Cl)cc1)c1ccnc(Nc2ccc(F)c(Cl)c2)n1. The second-order valence-electron chi connectivity index (χ2n) is 4.98. The second kappa shape index (κ2) is 7.46. The summed E-state index contributed by atoms with van der Waals surface area (Å²) in [5.74, 6) is -0.736. The van der Waals surface area contributed by atoms with E-state index >= 15 is 0 Å². The highest BCUT2D eigenvalue weighted by atomic mass is 35.5. The highest BCUT2D eigenvalue weighted by Gasteiger charge is 2.10. The van der Waals surface area contributed by atoms with Gasteiger partial charge in [0, 0.05) is 22.6 Å². The Kier molecular flexibility index (Phi) is 5.11. The van der Waals surface area contributed by atoms with Crippen molar-refractivity contribution in [3.05, 3.63) is 76.3 Å². The Morgan fingerprint density at radius 1 is 1.00 bits per heavy atom. The van der Waals surface area contributed by atoms with Crippen molar-refractivity contribution in [3.63, 3.8) is 0 Å². The molecule has 0 atom stereocenters. The van der Waals surface area contributed by atoms with Gasteiger partial charge in [-0.05, 0) is 48.5 Å². The van der Waals surface area contributed by atoms with Crippen molar-refractivity contribution in [1.29, 1.82) is 0 Å². The fraction of sp³-hybridized carbons (Fsp3) is 0. The third-order valence-electron chi connectivity index (χ3n) is 3.17. The highest BCUT2D eigenvalue weighted by molar-refractivity contribution is 6.31. The van der Waals surface area contributed by atoms with E-state index < -0.39 is 11.7 Å². The summed E-state index contributed by atoms with van der Waals surface area (Å²) in [4.78, 5) is 20.4. The van der Waals surface area contributed by atoms with E-state index in [-0.39, 0.29) is 16.7 Å². The van der Waals surface area contributed by atoms with Crippen LogP contribution < -0.4 is 10.6 Å². The first-order chi connectivity index (χ1) is 12.0. The van der Waals surface area contributed by atoms with E-state index in [9.17, 15) is 9.18 Å². The van der Waals surface area contributed by atoms with Crippen LogP contribution in [0.5, 0.6) is 0 Å². The second-order valence-corrected chi connectivity index (χ2v) is 5.82. The lowest BCUT2D eigenvalue weighted by Crippen LogP contribution is -2.14. The van der Waals surface area contributed by atoms with Gasteiger partial charge in [-0.3, -0.25) is 4.79 Å². The third kappa shape index (κ3) is 4.43. The van der Waals surface area contributed by atoms with Crippen LogP contribution >= 0.6 is 23.2 Å². The molecule has 0 aliphatic rings. The minimum absolute atomic E-state index is 0.0263. The Bertz CT molecular complexity index is 919. The number of amides is 1. The lowest BCUT2D eigenvalue weighted by molar-refractivity contribution is 0.102. The van der Waals surface area contributed by atoms with Crippen molar-refractivity contribution in [2.24, 2.45) is 0 Å². The normalized spacial score (nSPS) is 10.4. The zero-order valence-corrected chi connectivity index (χ0v) is 14.1. The molecular formula is C17H11Cl2FN4O. The minimum atomic E-state index is -0.524. The molecule has 0 radical (unpaired) electrons. The van der Waals surface area contributed by atoms with E-state index in [1.165, 1.54) is 30.5 Å². The molecule has 5 nitrogen and oxygen atoms in total. The van der Waals surface area contributed by atoms with Crippen molar-refractivity contribution in [1.82, 2.24) is 9.97 Å². The Labute approximate surface area is 152 Å². The predicted molar refractivity (Wildman–Crippen MR) is 96.1 cm³/mol. The first-order valence-electron chi connectivity index (χ1n) is 7.13. The fourth-order valence-corrected chi connectivity index (χ4v) is 2.28. The van der Waals surface area contributed by atoms with Gasteiger partial charge in [-0.2, -0.15) is 0 Å². The van der Waals surface area contributed by atoms with Gasteiger partial charge in [0.05, 0.1) is 5.02 Å². The Morgan fingerprint density at radius 2 is 1.72 bits per heavy atom. The Morgan fingerprint density at radius 3 is 2.44 bits per heavy atom. The molecule has 0 saturated heterocycles. The van der Waals surface area contributed by atoms with Crippen LogP contribution in [0.1, 0.15) is 10.5 Å². The first-order valence-corrected chi connectivity index (χ1v) is 7.89. The molecule has 0 saturated carbocycles. The lowest BCUT2D eigenvalue weighted by atomic mass is 10.3. The summed E-state index contributed by atoms with van der Waals surface area (Å²) in [5, 5.41) is 6.12. The number of hydrogen-bond donors (Lipinski definition) is 2. The van der Waals surface area contributed by atoms with Crippen LogP contribution in [0.2, 0.25) is 10.0 Å². The van der Waals surface area contributed by atoms with E-state index in [0.29, 0.717) is 16.4 Å². The summed E-state index contributed by atoms with van der Waals surface area (Å²) >= 11 is 11.5. The molecular weight excluding hydrogens is 366 g/mol. The molecule has 0 unspecified atom stereocenters. The summed E-state index contributed by atoms with van der Waals surface area (Å²) in [7, 11) is 0. The largest absolute Gasteiger partial charge is 0.324 e. The average molecular weight is 377 g/mol. The molecule has 2 N–H and O–H groups in total. The molecule has 25 heavy (non-hydrogen) atoms. The van der Waals surface area contributed by atoms with Gasteiger partial charge in [0.2, 0.25) is 5.95 Å². The molecule has 0 spiro atoms. The standard InChI is InChI=1S/C17H11Cl2FN4O/c18-10-1-3-11(4-2-10)22-16(25)15-7-8-21-17(24-15)23-12-5-6-14(20)13(19)9-12/h1-9H,(H,22,25)(H,21,23,24). The smallest absolute Gasteiger partial charge is 0.274 e. The van der Waals surface area contributed by atoms with Gasteiger partial charge in [-0.25, -0.2) is 14.4 Å². The number of carbonyl (C=O) groups is 1. The van der Waals surface area contributed by atoms with Crippen LogP contribution in [-0.4, -0.2) is 15.9 Å². The van der Waals surface area contributed by atoms with E-state index in [1.807, 2.05) is 0 Å². The topological polar surface area (TPSA) is 66.9 Å². The number of aromatic nitrogens is 2. The van der Waals surface area contributed by atoms with Crippen LogP contribution in [0.25, 0.3) is 0 Å². The summed E-state index contributed by atoms with van der Waals surface area (Å²) in [6.07, 6.45) is 1.44. The zero-order valence-electron chi connectivity index (χ0n) is 12.6. The molecule has 1 heterocycles. The number of benzene rings is 2. The van der Waals surface area contributed by atoms with Crippen LogP contribution in [0.15, 0.2) is 54.7 Å². The van der Waals surface area contributed by atoms with Crippen LogP contribution in [0.4, 0.5) is 21.7 Å². The maximum Gasteiger partial charge on any atom is 0.274 e. The first kappa shape index (κ1) is 17.1. The van der Waals surface area contributed by atoms with E-state index in [2.05, 4.69) is 20.6 Å². The maximum atomic E-state index is 13.2. The quantitative estimate of drug-likeness (QED) is 0.678. The van der Waals surface area contributed by atoms with Gasteiger partial charge >= 0.3 is 0 Å². The molecule has 1 aromatic heterocycles. The van der Waals surface area contributed by atoms with Gasteiger partial charge in [0.25, 0.3) is 5.91 Å². The molecule has 2 aromatic carbocycles. The average Bonchev–Trinajstić information content (AvgIpc) is 2.60. The Balaban J connectivity index is 1.75. The predicted octanol–water partition coefficient (Wildman–Crippen LogP) is 4.92. The van der Waals surface area contributed by atoms with E-state index in [4.69, 9.17) is 23.2 Å². The summed E-state index contributed by atoms with van der Waals surface area (Å²) in [6, 6.07) is 12.3. The summed E-state index contributed by atoms with van der Waals surface area (Å²) in [5.41, 5.74) is 1.26. The number of carbonyl (C=O) groups excluding carboxylic acids is 1. The van der Waals surface area contributed by atoms with Crippen molar-refractivity contribution in [3.8, 4) is 0 Å².